The summed E-state index contributed by atoms with van der Waals surface area (Å²) in [7, 11) is 0. The minimum Gasteiger partial charge on any atom is -0.265 e. The number of rotatable bonds is 0. The molecule has 0 atom stereocenters. The summed E-state index contributed by atoms with van der Waals surface area (Å²) in [5.74, 6) is 0. The van der Waals surface area contributed by atoms with Crippen LogP contribution in [0.3, 0.4) is 0 Å². The van der Waals surface area contributed by atoms with Crippen molar-refractivity contribution in [3.63, 3.8) is 0 Å². The Morgan fingerprint density at radius 3 is 0.815 bits per heavy atom. The molecule has 3 aromatic heterocycles. The van der Waals surface area contributed by atoms with Crippen LogP contribution in [0.1, 0.15) is 158 Å². The predicted octanol–water partition coefficient (Wildman–Crippen LogP) is 21.5. The fourth-order valence-corrected chi connectivity index (χ4v) is 3.87. The van der Waals surface area contributed by atoms with Crippen LogP contribution < -0.4 is 0 Å². The molecule has 0 bridgehead atoms. The highest BCUT2D eigenvalue weighted by atomic mass is 14.6. The molecule has 0 aliphatic carbocycles. The van der Waals surface area contributed by atoms with Gasteiger partial charge in [0.25, 0.3) is 0 Å². The third-order valence-electron chi connectivity index (χ3n) is 5.95. The van der Waals surface area contributed by atoms with E-state index in [0.29, 0.717) is 0 Å². The summed E-state index contributed by atoms with van der Waals surface area (Å²) in [4.78, 5) is 12.0. The van der Waals surface area contributed by atoms with E-state index >= 15 is 0 Å². The van der Waals surface area contributed by atoms with E-state index in [0.717, 1.165) is 5.52 Å². The molecule has 0 amide bonds. The maximum atomic E-state index is 4.18. The van der Waals surface area contributed by atoms with Gasteiger partial charge >= 0.3 is 0 Å². The van der Waals surface area contributed by atoms with Crippen molar-refractivity contribution >= 4 is 32.4 Å². The number of aromatic nitrogens is 3. The Labute approximate surface area is 404 Å². The summed E-state index contributed by atoms with van der Waals surface area (Å²) in [5.41, 5.74) is 1.06. The van der Waals surface area contributed by atoms with Crippen LogP contribution in [0.4, 0.5) is 0 Å². The van der Waals surface area contributed by atoms with Crippen molar-refractivity contribution < 1.29 is 0 Å². The zero-order chi connectivity index (χ0) is 51.0. The van der Waals surface area contributed by atoms with E-state index in [2.05, 4.69) is 129 Å². The molecule has 3 heterocycles. The van der Waals surface area contributed by atoms with Gasteiger partial charge in [0.1, 0.15) is 0 Å². The van der Waals surface area contributed by atoms with Gasteiger partial charge in [0.05, 0.1) is 5.52 Å². The maximum Gasteiger partial charge on any atom is 0.0701 e. The number of para-hydroxylation sites is 1. The largest absolute Gasteiger partial charge is 0.265 e. The summed E-state index contributed by atoms with van der Waals surface area (Å²) < 4.78 is 0. The van der Waals surface area contributed by atoms with Gasteiger partial charge in [-0.25, -0.2) is 0 Å². The second kappa shape index (κ2) is 72.8. The molecule has 0 aliphatic rings. The summed E-state index contributed by atoms with van der Waals surface area (Å²) in [6.45, 7) is 40.8. The molecule has 8 rings (SSSR count). The number of hydrogen-bond donors (Lipinski definition) is 0. The molecule has 8 aromatic rings. The Balaban J connectivity index is -0.000000117. The quantitative estimate of drug-likeness (QED) is 0.152. The van der Waals surface area contributed by atoms with Crippen molar-refractivity contribution in [2.75, 3.05) is 0 Å². The second-order valence-electron chi connectivity index (χ2n) is 11.1. The van der Waals surface area contributed by atoms with Gasteiger partial charge in [0.2, 0.25) is 0 Å². The first-order valence-corrected chi connectivity index (χ1v) is 25.0. The monoisotopic (exact) mass is 886 g/mol. The normalized spacial score (nSPS) is 7.57. The highest BCUT2D eigenvalue weighted by Gasteiger charge is 1.88. The molecule has 0 radical (unpaired) electrons. The Morgan fingerprint density at radius 2 is 0.523 bits per heavy atom. The third-order valence-corrected chi connectivity index (χ3v) is 5.95. The molecule has 0 spiro atoms. The van der Waals surface area contributed by atoms with Gasteiger partial charge in [-0.1, -0.05) is 297 Å². The zero-order valence-electron chi connectivity index (χ0n) is 45.5. The van der Waals surface area contributed by atoms with E-state index in [9.17, 15) is 0 Å². The molecule has 0 saturated heterocycles. The van der Waals surface area contributed by atoms with Crippen molar-refractivity contribution in [3.05, 3.63) is 201 Å². The van der Waals surface area contributed by atoms with E-state index in [1.54, 1.807) is 12.4 Å². The van der Waals surface area contributed by atoms with Gasteiger partial charge in [0, 0.05) is 36.4 Å². The molecule has 65 heavy (non-hydrogen) atoms. The molecule has 0 N–H and O–H groups in total. The van der Waals surface area contributed by atoms with Crippen LogP contribution >= 0.6 is 0 Å². The average Bonchev–Trinajstić information content (AvgIpc) is 3.43. The molecular formula is C62H99N3. The van der Waals surface area contributed by atoms with Crippen LogP contribution in [0.15, 0.2) is 201 Å². The SMILES string of the molecule is CC.CC.CC.CC.CC.CC.CC.CCC.CCC.CCC.c1ccc2ccccc2c1.c1ccc2cnccc2c1.c1ccc2ncccc2c1.c1ccccc1.c1ccncc1. The van der Waals surface area contributed by atoms with Crippen LogP contribution in [-0.2, 0) is 0 Å². The first-order chi connectivity index (χ1) is 32.1. The number of benzene rings is 5. The topological polar surface area (TPSA) is 38.7 Å². The molecule has 0 saturated carbocycles. The standard InChI is InChI=1S/C10H8.2C9H7N.C6H6.C5H5N.3C3H8.7C2H6/c1-2-6-10-8-4-3-7-9(10)5-1;1-2-6-9-8(4-1)5-3-7-10-9;1-2-4-9-7-10-6-5-8(9)3-1;2*1-2-4-6-5-3-1;3*1-3-2;7*1-2/h1-8H;2*1-7H;1-6H;1-5H;3*3H2,1-2H3;7*1-2H3. The second-order valence-corrected chi connectivity index (χ2v) is 11.1. The van der Waals surface area contributed by atoms with E-state index in [1.165, 1.54) is 46.2 Å². The minimum atomic E-state index is 1.06. The van der Waals surface area contributed by atoms with Crippen molar-refractivity contribution in [2.24, 2.45) is 0 Å². The van der Waals surface area contributed by atoms with Gasteiger partial charge in [0.15, 0.2) is 0 Å². The molecule has 0 fully saturated rings. The van der Waals surface area contributed by atoms with Crippen molar-refractivity contribution in [1.29, 1.82) is 0 Å². The fourth-order valence-electron chi connectivity index (χ4n) is 3.87. The van der Waals surface area contributed by atoms with E-state index < -0.39 is 0 Å². The Kier molecular flexibility index (Phi) is 82.5. The van der Waals surface area contributed by atoms with Crippen molar-refractivity contribution in [3.8, 4) is 0 Å². The first kappa shape index (κ1) is 73.7. The molecule has 362 valence electrons. The van der Waals surface area contributed by atoms with Crippen LogP contribution in [0.2, 0.25) is 0 Å². The lowest BCUT2D eigenvalue weighted by molar-refractivity contribution is 1.09. The average molecular weight is 886 g/mol. The van der Waals surface area contributed by atoms with Crippen LogP contribution in [0.5, 0.6) is 0 Å². The van der Waals surface area contributed by atoms with Gasteiger partial charge in [-0.05, 0) is 51.9 Å². The van der Waals surface area contributed by atoms with Gasteiger partial charge in [-0.15, -0.1) is 0 Å². The van der Waals surface area contributed by atoms with Gasteiger partial charge in [-0.3, -0.25) is 15.0 Å². The first-order valence-electron chi connectivity index (χ1n) is 25.0. The highest BCUT2D eigenvalue weighted by Crippen LogP contribution is 2.11. The third kappa shape index (κ3) is 50.9. The van der Waals surface area contributed by atoms with Crippen LogP contribution in [0, 0.1) is 0 Å². The number of pyridine rings is 3. The lowest BCUT2D eigenvalue weighted by Crippen LogP contribution is -1.73. The Bertz CT molecular complexity index is 1440. The fraction of sp³-hybridized carbons (Fsp3) is 0.371. The minimum absolute atomic E-state index is 1.06. The van der Waals surface area contributed by atoms with Crippen LogP contribution in [-0.4, -0.2) is 15.0 Å². The van der Waals surface area contributed by atoms with E-state index in [4.69, 9.17) is 0 Å². The number of fused-ring (bicyclic) bond motifs is 3. The molecule has 3 nitrogen and oxygen atoms in total. The summed E-state index contributed by atoms with van der Waals surface area (Å²) >= 11 is 0. The molecule has 3 heteroatoms. The Morgan fingerprint density at radius 1 is 0.246 bits per heavy atom. The predicted molar refractivity (Wildman–Crippen MR) is 305 cm³/mol. The molecular weight excluding hydrogens is 787 g/mol. The van der Waals surface area contributed by atoms with Gasteiger partial charge in [-0.2, -0.15) is 0 Å². The highest BCUT2D eigenvalue weighted by molar-refractivity contribution is 5.82. The summed E-state index contributed by atoms with van der Waals surface area (Å²) in [5, 5.41) is 6.27. The van der Waals surface area contributed by atoms with Crippen molar-refractivity contribution in [1.82, 2.24) is 15.0 Å². The molecule has 0 aliphatic heterocycles. The zero-order valence-corrected chi connectivity index (χ0v) is 45.5. The number of nitrogens with zero attached hydrogens (tertiary/aromatic N) is 3. The molecule has 5 aromatic carbocycles. The lowest BCUT2D eigenvalue weighted by Gasteiger charge is -1.92. The molecule has 0 unspecified atom stereocenters. The van der Waals surface area contributed by atoms with E-state index in [1.807, 2.05) is 213 Å². The lowest BCUT2D eigenvalue weighted by atomic mass is 10.1. The summed E-state index contributed by atoms with van der Waals surface area (Å²) in [6, 6.07) is 56.7. The van der Waals surface area contributed by atoms with E-state index in [-0.39, 0.29) is 0 Å². The smallest absolute Gasteiger partial charge is 0.0701 e. The number of hydrogen-bond acceptors (Lipinski definition) is 3. The van der Waals surface area contributed by atoms with Gasteiger partial charge < -0.3 is 0 Å². The Hall–Kier alpha value is -5.67. The summed E-state index contributed by atoms with van der Waals surface area (Å²) in [6.07, 6.45) is 12.7. The maximum absolute atomic E-state index is 4.18. The van der Waals surface area contributed by atoms with Crippen LogP contribution in [0.25, 0.3) is 32.4 Å². The van der Waals surface area contributed by atoms with Crippen molar-refractivity contribution in [2.45, 2.75) is 158 Å².